The Kier molecular flexibility index (Phi) is 6.75. The topological polar surface area (TPSA) is 141 Å². The molecule has 1 amide bonds. The van der Waals surface area contributed by atoms with Gasteiger partial charge >= 0.3 is 0 Å². The summed E-state index contributed by atoms with van der Waals surface area (Å²) < 4.78 is 42.1. The fourth-order valence-corrected chi connectivity index (χ4v) is 4.34. The smallest absolute Gasteiger partial charge is 0.281 e. The van der Waals surface area contributed by atoms with Crippen molar-refractivity contribution in [2.24, 2.45) is 0 Å². The van der Waals surface area contributed by atoms with Crippen LogP contribution in [0, 0.1) is 0 Å². The number of carbonyl (C=O) groups excluding carboxylic acids is 1. The van der Waals surface area contributed by atoms with E-state index in [1.165, 1.54) is 23.1 Å². The highest BCUT2D eigenvalue weighted by Gasteiger charge is 2.38. The number of hydrogen-bond acceptors (Lipinski definition) is 7. The molecule has 1 saturated heterocycles. The number of likely N-dealkylation sites (tertiary alicyclic amines) is 1. The zero-order valence-corrected chi connectivity index (χ0v) is 17.9. The van der Waals surface area contributed by atoms with Gasteiger partial charge < -0.3 is 20.3 Å². The highest BCUT2D eigenvalue weighted by molar-refractivity contribution is 7.90. The van der Waals surface area contributed by atoms with Gasteiger partial charge in [-0.25, -0.2) is 12.8 Å². The first-order valence-electron chi connectivity index (χ1n) is 9.32. The molecule has 0 saturated carbocycles. The molecule has 1 aliphatic heterocycles. The van der Waals surface area contributed by atoms with Gasteiger partial charge in [-0.3, -0.25) is 4.79 Å². The van der Waals surface area contributed by atoms with Gasteiger partial charge in [0.25, 0.3) is 5.91 Å². The van der Waals surface area contributed by atoms with Crippen LogP contribution in [0.15, 0.2) is 27.6 Å². The molecular weight excluding hydrogens is 439 g/mol. The number of hydrogen-bond donors (Lipinski definition) is 2. The van der Waals surface area contributed by atoms with E-state index in [2.05, 4.69) is 15.9 Å². The summed E-state index contributed by atoms with van der Waals surface area (Å²) in [5, 5.41) is 13.4. The summed E-state index contributed by atoms with van der Waals surface area (Å²) in [7, 11) is -3.43. The maximum atomic E-state index is 13.5. The SMILES string of the molecule is CS(=O)(=O)c1ccc(-c2noc([C@@H](CCO)[C@H]([NH3+])C(=O)N3CC[C@H](F)C3)n2)c(Cl)c1. The summed E-state index contributed by atoms with van der Waals surface area (Å²) in [5.41, 5.74) is 4.25. The van der Waals surface area contributed by atoms with Crippen LogP contribution in [-0.4, -0.2) is 72.6 Å². The van der Waals surface area contributed by atoms with Crippen molar-refractivity contribution in [3.63, 3.8) is 0 Å². The van der Waals surface area contributed by atoms with Crippen LogP contribution in [0.5, 0.6) is 0 Å². The van der Waals surface area contributed by atoms with Crippen molar-refractivity contribution in [1.29, 1.82) is 0 Å². The Morgan fingerprint density at radius 3 is 2.80 bits per heavy atom. The second kappa shape index (κ2) is 8.96. The van der Waals surface area contributed by atoms with Crippen molar-refractivity contribution < 1.29 is 33.0 Å². The van der Waals surface area contributed by atoms with Gasteiger partial charge in [0.05, 0.1) is 16.5 Å². The van der Waals surface area contributed by atoms with Crippen molar-refractivity contribution in [3.05, 3.63) is 29.1 Å². The number of alkyl halides is 1. The van der Waals surface area contributed by atoms with E-state index in [4.69, 9.17) is 16.1 Å². The van der Waals surface area contributed by atoms with Crippen molar-refractivity contribution in [2.45, 2.75) is 35.9 Å². The second-order valence-electron chi connectivity index (χ2n) is 7.27. The normalized spacial score (nSPS) is 19.1. The second-order valence-corrected chi connectivity index (χ2v) is 9.69. The van der Waals surface area contributed by atoms with Crippen LogP contribution in [0.4, 0.5) is 4.39 Å². The lowest BCUT2D eigenvalue weighted by molar-refractivity contribution is -0.412. The van der Waals surface area contributed by atoms with Crippen LogP contribution >= 0.6 is 11.6 Å². The molecule has 12 heteroatoms. The monoisotopic (exact) mass is 461 g/mol. The van der Waals surface area contributed by atoms with E-state index in [0.29, 0.717) is 12.1 Å². The summed E-state index contributed by atoms with van der Waals surface area (Å²) in [4.78, 5) is 18.4. The minimum atomic E-state index is -3.43. The van der Waals surface area contributed by atoms with Crippen LogP contribution in [0.1, 0.15) is 24.7 Å². The van der Waals surface area contributed by atoms with Crippen LogP contribution < -0.4 is 5.73 Å². The summed E-state index contributed by atoms with van der Waals surface area (Å²) in [6.07, 6.45) is 0.455. The fraction of sp³-hybridized carbons (Fsp3) is 0.500. The quantitative estimate of drug-likeness (QED) is 0.609. The number of quaternary nitrogens is 1. The van der Waals surface area contributed by atoms with Crippen LogP contribution in [0.2, 0.25) is 5.02 Å². The van der Waals surface area contributed by atoms with E-state index in [1.54, 1.807) is 0 Å². The lowest BCUT2D eigenvalue weighted by Crippen LogP contribution is -2.70. The number of aliphatic hydroxyl groups is 1. The Morgan fingerprint density at radius 1 is 1.50 bits per heavy atom. The van der Waals surface area contributed by atoms with Crippen LogP contribution in [0.3, 0.4) is 0 Å². The third kappa shape index (κ3) is 4.80. The highest BCUT2D eigenvalue weighted by Crippen LogP contribution is 2.30. The van der Waals surface area contributed by atoms with E-state index in [9.17, 15) is 22.7 Å². The number of halogens is 2. The third-order valence-corrected chi connectivity index (χ3v) is 6.48. The lowest BCUT2D eigenvalue weighted by atomic mass is 9.95. The van der Waals surface area contributed by atoms with Gasteiger partial charge in [0, 0.05) is 25.0 Å². The molecular formula is C18H23ClFN4O5S+. The molecule has 9 nitrogen and oxygen atoms in total. The molecule has 1 aromatic carbocycles. The largest absolute Gasteiger partial charge is 0.396 e. The molecule has 0 bridgehead atoms. The number of sulfone groups is 1. The van der Waals surface area contributed by atoms with E-state index in [1.807, 2.05) is 0 Å². The molecule has 3 rings (SSSR count). The van der Waals surface area contributed by atoms with E-state index in [-0.39, 0.29) is 53.5 Å². The van der Waals surface area contributed by atoms with E-state index in [0.717, 1.165) is 6.26 Å². The zero-order valence-electron chi connectivity index (χ0n) is 16.3. The minimum Gasteiger partial charge on any atom is -0.396 e. The first-order valence-corrected chi connectivity index (χ1v) is 11.6. The van der Waals surface area contributed by atoms with E-state index >= 15 is 0 Å². The predicted molar refractivity (Wildman–Crippen MR) is 105 cm³/mol. The van der Waals surface area contributed by atoms with Crippen molar-refractivity contribution in [3.8, 4) is 11.4 Å². The van der Waals surface area contributed by atoms with E-state index < -0.39 is 28.0 Å². The number of benzene rings is 1. The Morgan fingerprint density at radius 2 is 2.23 bits per heavy atom. The first kappa shape index (κ1) is 22.6. The van der Waals surface area contributed by atoms with Crippen molar-refractivity contribution >= 4 is 27.3 Å². The van der Waals surface area contributed by atoms with Crippen LogP contribution in [0.25, 0.3) is 11.4 Å². The average Bonchev–Trinajstić information content (AvgIpc) is 3.33. The third-order valence-electron chi connectivity index (χ3n) is 5.05. The first-order chi connectivity index (χ1) is 14.1. The van der Waals surface area contributed by atoms with Gasteiger partial charge in [0.2, 0.25) is 11.7 Å². The molecule has 0 spiro atoms. The number of amides is 1. The van der Waals surface area contributed by atoms with Crippen molar-refractivity contribution in [2.75, 3.05) is 26.0 Å². The van der Waals surface area contributed by atoms with Crippen LogP contribution in [-0.2, 0) is 14.6 Å². The summed E-state index contributed by atoms with van der Waals surface area (Å²) in [5.74, 6) is -0.811. The molecule has 3 atom stereocenters. The molecule has 2 aromatic rings. The van der Waals surface area contributed by atoms with Gasteiger partial charge in [-0.05, 0) is 31.0 Å². The van der Waals surface area contributed by atoms with Gasteiger partial charge in [0.1, 0.15) is 12.1 Å². The number of aromatic nitrogens is 2. The highest BCUT2D eigenvalue weighted by atomic mass is 35.5. The number of carbonyl (C=O) groups is 1. The average molecular weight is 462 g/mol. The Bertz CT molecular complexity index is 1030. The zero-order chi connectivity index (χ0) is 22.1. The molecule has 30 heavy (non-hydrogen) atoms. The summed E-state index contributed by atoms with van der Waals surface area (Å²) >= 11 is 6.20. The molecule has 1 fully saturated rings. The van der Waals surface area contributed by atoms with Gasteiger partial charge in [0.15, 0.2) is 15.9 Å². The van der Waals surface area contributed by atoms with Gasteiger partial charge in [-0.15, -0.1) is 0 Å². The Labute approximate surface area is 177 Å². The lowest BCUT2D eigenvalue weighted by Gasteiger charge is -2.22. The Balaban J connectivity index is 1.85. The summed E-state index contributed by atoms with van der Waals surface area (Å²) in [6, 6.07) is 3.29. The predicted octanol–water partition coefficient (Wildman–Crippen LogP) is 0.440. The standard InChI is InChI=1S/C18H22ClFN4O5S/c1-30(27,28)11-2-3-12(14(19)8-11)16-22-17(29-23-16)13(5-7-25)15(21)18(26)24-6-4-10(20)9-24/h2-3,8,10,13,15,25H,4-7,9,21H2,1H3/p+1/t10-,13-,15-/m0/s1. The fourth-order valence-electron chi connectivity index (χ4n) is 3.36. The van der Waals surface area contributed by atoms with Gasteiger partial charge in [-0.2, -0.15) is 4.98 Å². The maximum absolute atomic E-state index is 13.5. The molecule has 0 radical (unpaired) electrons. The molecule has 1 aromatic heterocycles. The molecule has 164 valence electrons. The Hall–Kier alpha value is -2.08. The number of aliphatic hydroxyl groups excluding tert-OH is 1. The van der Waals surface area contributed by atoms with Gasteiger partial charge in [-0.1, -0.05) is 16.8 Å². The number of nitrogens with zero attached hydrogens (tertiary/aromatic N) is 3. The molecule has 0 unspecified atom stereocenters. The molecule has 2 heterocycles. The number of rotatable bonds is 7. The molecule has 0 aliphatic carbocycles. The minimum absolute atomic E-state index is 0.0219. The maximum Gasteiger partial charge on any atom is 0.281 e. The summed E-state index contributed by atoms with van der Waals surface area (Å²) in [6.45, 7) is 0.0978. The molecule has 4 N–H and O–H groups in total. The van der Waals surface area contributed by atoms with Crippen molar-refractivity contribution in [1.82, 2.24) is 15.0 Å². The molecule has 1 aliphatic rings.